The highest BCUT2D eigenvalue weighted by Gasteiger charge is 2.27. The van der Waals surface area contributed by atoms with Crippen molar-refractivity contribution in [1.29, 1.82) is 0 Å². The molecular weight excluding hydrogens is 386 g/mol. The Morgan fingerprint density at radius 3 is 2.83 bits per heavy atom. The lowest BCUT2D eigenvalue weighted by molar-refractivity contribution is -0.124. The van der Waals surface area contributed by atoms with Crippen LogP contribution in [-0.4, -0.2) is 65.4 Å². The summed E-state index contributed by atoms with van der Waals surface area (Å²) in [5.41, 5.74) is 3.93. The number of carbonyl (C=O) groups excluding carboxylic acids is 1. The van der Waals surface area contributed by atoms with E-state index in [0.717, 1.165) is 50.6 Å². The highest BCUT2D eigenvalue weighted by molar-refractivity contribution is 7.23. The molecule has 4 heterocycles. The standard InChI is InChI=1S/C21H23N5O2S/c1-13(26-7-9-28-10-8-26)21(27)25(2)19-12-16-18(29-19)11-17(22-16)20-14-5-3-4-6-15(14)23-24-20/h3-6,11-13,22H,7-10H2,1-2H3,(H,23,24)/t13-/m0/s1. The molecule has 0 spiro atoms. The van der Waals surface area contributed by atoms with Crippen molar-refractivity contribution in [1.82, 2.24) is 20.1 Å². The SMILES string of the molecule is C[C@@H](C(=O)N(C)c1cc2[nH]c(-c3n[nH]c4ccccc34)cc2s1)N1CCOCC1. The number of carbonyl (C=O) groups is 1. The van der Waals surface area contributed by atoms with E-state index >= 15 is 0 Å². The molecular formula is C21H23N5O2S. The van der Waals surface area contributed by atoms with Gasteiger partial charge in [-0.25, -0.2) is 0 Å². The summed E-state index contributed by atoms with van der Waals surface area (Å²) >= 11 is 1.61. The maximum Gasteiger partial charge on any atom is 0.244 e. The number of fused-ring (bicyclic) bond motifs is 2. The molecule has 3 aromatic heterocycles. The van der Waals surface area contributed by atoms with E-state index in [9.17, 15) is 4.79 Å². The third kappa shape index (κ3) is 3.23. The van der Waals surface area contributed by atoms with Gasteiger partial charge in [-0.2, -0.15) is 5.10 Å². The predicted octanol–water partition coefficient (Wildman–Crippen LogP) is 3.46. The quantitative estimate of drug-likeness (QED) is 0.541. The second-order valence-corrected chi connectivity index (χ2v) is 8.45. The Bertz CT molecular complexity index is 1140. The van der Waals surface area contributed by atoms with Gasteiger partial charge in [0, 0.05) is 25.5 Å². The molecule has 1 amide bonds. The van der Waals surface area contributed by atoms with Crippen LogP contribution in [0.25, 0.3) is 32.5 Å². The molecule has 5 rings (SSSR count). The first-order chi connectivity index (χ1) is 14.1. The van der Waals surface area contributed by atoms with Gasteiger partial charge in [0.1, 0.15) is 10.7 Å². The molecule has 29 heavy (non-hydrogen) atoms. The normalized spacial score (nSPS) is 16.5. The molecule has 1 aliphatic heterocycles. The van der Waals surface area contributed by atoms with E-state index < -0.39 is 0 Å². The first-order valence-electron chi connectivity index (χ1n) is 9.77. The van der Waals surface area contributed by atoms with Crippen LogP contribution in [0, 0.1) is 0 Å². The second-order valence-electron chi connectivity index (χ2n) is 7.38. The Balaban J connectivity index is 1.39. The third-order valence-electron chi connectivity index (χ3n) is 5.63. The molecule has 0 radical (unpaired) electrons. The first-order valence-corrected chi connectivity index (χ1v) is 10.6. The fraction of sp³-hybridized carbons (Fsp3) is 0.333. The molecule has 0 unspecified atom stereocenters. The number of ether oxygens (including phenoxy) is 1. The number of rotatable bonds is 4. The minimum atomic E-state index is -0.157. The average molecular weight is 410 g/mol. The van der Waals surface area contributed by atoms with E-state index in [1.165, 1.54) is 0 Å². The highest BCUT2D eigenvalue weighted by atomic mass is 32.1. The number of para-hydroxylation sites is 1. The van der Waals surface area contributed by atoms with Crippen LogP contribution in [0.15, 0.2) is 36.4 Å². The molecule has 4 aromatic rings. The lowest BCUT2D eigenvalue weighted by Crippen LogP contribution is -2.50. The zero-order valence-corrected chi connectivity index (χ0v) is 17.3. The van der Waals surface area contributed by atoms with Crippen LogP contribution >= 0.6 is 11.3 Å². The maximum atomic E-state index is 13.0. The topological polar surface area (TPSA) is 77.2 Å². The van der Waals surface area contributed by atoms with E-state index in [4.69, 9.17) is 4.74 Å². The Morgan fingerprint density at radius 2 is 2.03 bits per heavy atom. The van der Waals surface area contributed by atoms with E-state index in [-0.39, 0.29) is 11.9 Å². The molecule has 0 bridgehead atoms. The van der Waals surface area contributed by atoms with E-state index in [0.29, 0.717) is 13.2 Å². The van der Waals surface area contributed by atoms with Crippen LogP contribution in [0.3, 0.4) is 0 Å². The Labute approximate surface area is 172 Å². The summed E-state index contributed by atoms with van der Waals surface area (Å²) in [7, 11) is 1.85. The van der Waals surface area contributed by atoms with Crippen LogP contribution in [0.1, 0.15) is 6.92 Å². The Hall–Kier alpha value is -2.68. The summed E-state index contributed by atoms with van der Waals surface area (Å²) in [6.45, 7) is 4.95. The van der Waals surface area contributed by atoms with Crippen molar-refractivity contribution >= 4 is 43.4 Å². The van der Waals surface area contributed by atoms with Crippen molar-refractivity contribution in [3.8, 4) is 11.4 Å². The number of amides is 1. The summed E-state index contributed by atoms with van der Waals surface area (Å²) in [5, 5.41) is 9.58. The molecule has 150 valence electrons. The Morgan fingerprint density at radius 1 is 1.24 bits per heavy atom. The second kappa shape index (κ2) is 7.29. The van der Waals surface area contributed by atoms with E-state index in [2.05, 4.69) is 32.2 Å². The van der Waals surface area contributed by atoms with Crippen molar-refractivity contribution in [3.63, 3.8) is 0 Å². The Kier molecular flexibility index (Phi) is 4.61. The molecule has 1 fully saturated rings. The number of benzene rings is 1. The van der Waals surface area contributed by atoms with Crippen molar-refractivity contribution in [2.24, 2.45) is 0 Å². The number of likely N-dealkylation sites (N-methyl/N-ethyl adjacent to an activating group) is 1. The average Bonchev–Trinajstić information content (AvgIpc) is 3.45. The number of H-pyrrole nitrogens is 2. The highest BCUT2D eigenvalue weighted by Crippen LogP contribution is 2.36. The number of nitrogens with zero attached hydrogens (tertiary/aromatic N) is 3. The van der Waals surface area contributed by atoms with Gasteiger partial charge in [0.05, 0.1) is 40.7 Å². The summed E-state index contributed by atoms with van der Waals surface area (Å²) in [6.07, 6.45) is 0. The predicted molar refractivity (Wildman–Crippen MR) is 117 cm³/mol. The number of morpholine rings is 1. The molecule has 7 nitrogen and oxygen atoms in total. The summed E-state index contributed by atoms with van der Waals surface area (Å²) < 4.78 is 6.51. The molecule has 1 aliphatic rings. The molecule has 0 aliphatic carbocycles. The van der Waals surface area contributed by atoms with Gasteiger partial charge in [-0.3, -0.25) is 14.8 Å². The minimum absolute atomic E-state index is 0.106. The largest absolute Gasteiger partial charge is 0.379 e. The van der Waals surface area contributed by atoms with Crippen LogP contribution in [0.5, 0.6) is 0 Å². The maximum absolute atomic E-state index is 13.0. The van der Waals surface area contributed by atoms with Crippen molar-refractivity contribution in [2.75, 3.05) is 38.3 Å². The zero-order chi connectivity index (χ0) is 20.0. The van der Waals surface area contributed by atoms with Crippen LogP contribution in [-0.2, 0) is 9.53 Å². The summed E-state index contributed by atoms with van der Waals surface area (Å²) in [5.74, 6) is 0.106. The van der Waals surface area contributed by atoms with Crippen molar-refractivity contribution in [3.05, 3.63) is 36.4 Å². The van der Waals surface area contributed by atoms with Gasteiger partial charge in [-0.1, -0.05) is 18.2 Å². The number of thiophene rings is 1. The lowest BCUT2D eigenvalue weighted by Gasteiger charge is -2.33. The number of aromatic nitrogens is 3. The van der Waals surface area contributed by atoms with Crippen molar-refractivity contribution in [2.45, 2.75) is 13.0 Å². The van der Waals surface area contributed by atoms with Gasteiger partial charge in [0.25, 0.3) is 0 Å². The fourth-order valence-electron chi connectivity index (χ4n) is 3.88. The summed E-state index contributed by atoms with van der Waals surface area (Å²) in [6, 6.07) is 12.1. The summed E-state index contributed by atoms with van der Waals surface area (Å²) in [4.78, 5) is 20.4. The minimum Gasteiger partial charge on any atom is -0.379 e. The molecule has 1 aromatic carbocycles. The third-order valence-corrected chi connectivity index (χ3v) is 6.79. The molecule has 8 heteroatoms. The van der Waals surface area contributed by atoms with Crippen LogP contribution in [0.2, 0.25) is 0 Å². The number of nitrogens with one attached hydrogen (secondary N) is 2. The van der Waals surface area contributed by atoms with E-state index in [1.54, 1.807) is 16.2 Å². The molecule has 1 saturated heterocycles. The smallest absolute Gasteiger partial charge is 0.244 e. The number of hydrogen-bond donors (Lipinski definition) is 2. The fourth-order valence-corrected chi connectivity index (χ4v) is 4.91. The zero-order valence-electron chi connectivity index (χ0n) is 16.4. The van der Waals surface area contributed by atoms with Crippen LogP contribution in [0.4, 0.5) is 5.00 Å². The molecule has 2 N–H and O–H groups in total. The first kappa shape index (κ1) is 18.4. The van der Waals surface area contributed by atoms with Gasteiger partial charge in [0.2, 0.25) is 5.91 Å². The molecule has 0 saturated carbocycles. The molecule has 1 atom stereocenters. The van der Waals surface area contributed by atoms with Gasteiger partial charge >= 0.3 is 0 Å². The van der Waals surface area contributed by atoms with E-state index in [1.807, 2.05) is 38.2 Å². The number of hydrogen-bond acceptors (Lipinski definition) is 5. The van der Waals surface area contributed by atoms with Crippen LogP contribution < -0.4 is 4.90 Å². The monoisotopic (exact) mass is 409 g/mol. The lowest BCUT2D eigenvalue weighted by atomic mass is 10.2. The van der Waals surface area contributed by atoms with Gasteiger partial charge in [-0.05, 0) is 25.1 Å². The number of anilines is 1. The number of aromatic amines is 2. The van der Waals surface area contributed by atoms with Gasteiger partial charge in [0.15, 0.2) is 0 Å². The van der Waals surface area contributed by atoms with Crippen molar-refractivity contribution < 1.29 is 9.53 Å². The van der Waals surface area contributed by atoms with Gasteiger partial charge in [-0.15, -0.1) is 11.3 Å². The van der Waals surface area contributed by atoms with Gasteiger partial charge < -0.3 is 14.6 Å².